The highest BCUT2D eigenvalue weighted by Crippen LogP contribution is 2.33. The summed E-state index contributed by atoms with van der Waals surface area (Å²) in [5.74, 6) is 0.594. The van der Waals surface area contributed by atoms with E-state index in [9.17, 15) is 4.79 Å². The molecular weight excluding hydrogens is 280 g/mol. The third-order valence-corrected chi connectivity index (χ3v) is 4.99. The van der Waals surface area contributed by atoms with Crippen molar-refractivity contribution in [3.8, 4) is 6.07 Å². The van der Waals surface area contributed by atoms with Gasteiger partial charge in [0, 0.05) is 10.3 Å². The van der Waals surface area contributed by atoms with Gasteiger partial charge in [-0.1, -0.05) is 19.1 Å². The summed E-state index contributed by atoms with van der Waals surface area (Å²) in [7, 11) is 0. The molecular formula is C17H16N2OS. The third kappa shape index (κ3) is 2.70. The zero-order chi connectivity index (χ0) is 14.8. The lowest BCUT2D eigenvalue weighted by molar-refractivity contribution is 0.102. The first-order chi connectivity index (χ1) is 10.2. The third-order valence-electron chi connectivity index (χ3n) is 3.94. The van der Waals surface area contributed by atoms with Gasteiger partial charge in [0.25, 0.3) is 5.91 Å². The molecule has 0 bridgehead atoms. The summed E-state index contributed by atoms with van der Waals surface area (Å²) in [5.41, 5.74) is 3.04. The second-order valence-corrected chi connectivity index (χ2v) is 6.47. The molecule has 1 N–H and O–H groups in total. The number of carbonyl (C=O) groups is 1. The van der Waals surface area contributed by atoms with Gasteiger partial charge in [-0.25, -0.2) is 0 Å². The van der Waals surface area contributed by atoms with Crippen LogP contribution in [0.4, 0.5) is 5.69 Å². The van der Waals surface area contributed by atoms with E-state index in [0.29, 0.717) is 17.2 Å². The second-order valence-electron chi connectivity index (χ2n) is 5.51. The lowest BCUT2D eigenvalue weighted by Gasteiger charge is -2.18. The maximum absolute atomic E-state index is 12.5. The first-order valence-corrected chi connectivity index (χ1v) is 7.96. The number of nitrogens with zero attached hydrogens (tertiary/aromatic N) is 1. The molecule has 1 aromatic carbocycles. The van der Waals surface area contributed by atoms with Crippen molar-refractivity contribution in [3.05, 3.63) is 51.2 Å². The van der Waals surface area contributed by atoms with Gasteiger partial charge in [-0.2, -0.15) is 5.26 Å². The SMILES string of the molecule is C[C@H]1CCc2c(C(=O)Nc3ccccc3C#N)csc2C1. The van der Waals surface area contributed by atoms with Gasteiger partial charge in [0.2, 0.25) is 0 Å². The van der Waals surface area contributed by atoms with E-state index in [-0.39, 0.29) is 5.91 Å². The van der Waals surface area contributed by atoms with Crippen LogP contribution >= 0.6 is 11.3 Å². The summed E-state index contributed by atoms with van der Waals surface area (Å²) in [6.45, 7) is 2.26. The highest BCUT2D eigenvalue weighted by Gasteiger charge is 2.23. The molecule has 1 heterocycles. The maximum atomic E-state index is 12.5. The van der Waals surface area contributed by atoms with E-state index < -0.39 is 0 Å². The van der Waals surface area contributed by atoms with Crippen LogP contribution in [-0.4, -0.2) is 5.91 Å². The molecule has 0 saturated carbocycles. The molecule has 0 spiro atoms. The van der Waals surface area contributed by atoms with Gasteiger partial charge in [-0.15, -0.1) is 11.3 Å². The molecule has 1 aliphatic rings. The monoisotopic (exact) mass is 296 g/mol. The molecule has 1 aromatic heterocycles. The van der Waals surface area contributed by atoms with Gasteiger partial charge in [-0.3, -0.25) is 4.79 Å². The van der Waals surface area contributed by atoms with Gasteiger partial charge in [0.1, 0.15) is 6.07 Å². The molecule has 1 amide bonds. The van der Waals surface area contributed by atoms with E-state index in [1.807, 2.05) is 11.4 Å². The molecule has 3 rings (SSSR count). The van der Waals surface area contributed by atoms with Crippen molar-refractivity contribution in [1.82, 2.24) is 0 Å². The molecule has 106 valence electrons. The van der Waals surface area contributed by atoms with Gasteiger partial charge >= 0.3 is 0 Å². The average Bonchev–Trinajstić information content (AvgIpc) is 2.90. The number of para-hydroxylation sites is 1. The Morgan fingerprint density at radius 2 is 2.24 bits per heavy atom. The van der Waals surface area contributed by atoms with Crippen LogP contribution in [-0.2, 0) is 12.8 Å². The molecule has 0 aliphatic heterocycles. The van der Waals surface area contributed by atoms with Crippen molar-refractivity contribution in [1.29, 1.82) is 5.26 Å². The van der Waals surface area contributed by atoms with E-state index in [0.717, 1.165) is 24.8 Å². The zero-order valence-electron chi connectivity index (χ0n) is 11.8. The second kappa shape index (κ2) is 5.71. The Balaban J connectivity index is 1.85. The Morgan fingerprint density at radius 3 is 3.05 bits per heavy atom. The summed E-state index contributed by atoms with van der Waals surface area (Å²) in [6, 6.07) is 9.19. The Kier molecular flexibility index (Phi) is 3.76. The summed E-state index contributed by atoms with van der Waals surface area (Å²) < 4.78 is 0. The minimum absolute atomic E-state index is 0.107. The predicted molar refractivity (Wildman–Crippen MR) is 84.6 cm³/mol. The minimum atomic E-state index is -0.107. The van der Waals surface area contributed by atoms with Crippen LogP contribution in [0.25, 0.3) is 0 Å². The number of rotatable bonds is 2. The predicted octanol–water partition coefficient (Wildman–Crippen LogP) is 4.00. The number of carbonyl (C=O) groups excluding carboxylic acids is 1. The van der Waals surface area contributed by atoms with Crippen LogP contribution in [0.5, 0.6) is 0 Å². The number of nitriles is 1. The summed E-state index contributed by atoms with van der Waals surface area (Å²) >= 11 is 1.68. The normalized spacial score (nSPS) is 16.9. The number of anilines is 1. The van der Waals surface area contributed by atoms with Crippen LogP contribution in [0.1, 0.15) is 39.7 Å². The highest BCUT2D eigenvalue weighted by molar-refractivity contribution is 7.10. The number of fused-ring (bicyclic) bond motifs is 1. The fourth-order valence-electron chi connectivity index (χ4n) is 2.75. The topological polar surface area (TPSA) is 52.9 Å². The van der Waals surface area contributed by atoms with Crippen molar-refractivity contribution in [2.45, 2.75) is 26.2 Å². The molecule has 0 saturated heterocycles. The summed E-state index contributed by atoms with van der Waals surface area (Å²) in [5, 5.41) is 13.9. The molecule has 2 aromatic rings. The van der Waals surface area contributed by atoms with Gasteiger partial charge < -0.3 is 5.32 Å². The molecule has 0 radical (unpaired) electrons. The van der Waals surface area contributed by atoms with E-state index in [1.54, 1.807) is 29.5 Å². The van der Waals surface area contributed by atoms with Crippen LogP contribution < -0.4 is 5.32 Å². The van der Waals surface area contributed by atoms with Crippen molar-refractivity contribution >= 4 is 22.9 Å². The van der Waals surface area contributed by atoms with E-state index in [4.69, 9.17) is 5.26 Å². The molecule has 4 heteroatoms. The average molecular weight is 296 g/mol. The van der Waals surface area contributed by atoms with E-state index in [1.165, 1.54) is 10.4 Å². The largest absolute Gasteiger partial charge is 0.321 e. The zero-order valence-corrected chi connectivity index (χ0v) is 12.7. The quantitative estimate of drug-likeness (QED) is 0.910. The first kappa shape index (κ1) is 13.8. The smallest absolute Gasteiger partial charge is 0.256 e. The molecule has 1 aliphatic carbocycles. The Labute approximate surface area is 128 Å². The number of benzene rings is 1. The number of thiophene rings is 1. The highest BCUT2D eigenvalue weighted by atomic mass is 32.1. The Morgan fingerprint density at radius 1 is 1.43 bits per heavy atom. The van der Waals surface area contributed by atoms with Crippen LogP contribution in [0.15, 0.2) is 29.6 Å². The molecule has 1 atom stereocenters. The molecule has 0 fully saturated rings. The first-order valence-electron chi connectivity index (χ1n) is 7.08. The number of hydrogen-bond donors (Lipinski definition) is 1. The fraction of sp³-hybridized carbons (Fsp3) is 0.294. The summed E-state index contributed by atoms with van der Waals surface area (Å²) in [6.07, 6.45) is 3.18. The number of nitrogens with one attached hydrogen (secondary N) is 1. The Hall–Kier alpha value is -2.12. The van der Waals surface area contributed by atoms with Crippen molar-refractivity contribution in [3.63, 3.8) is 0 Å². The van der Waals surface area contributed by atoms with Gasteiger partial charge in [-0.05, 0) is 42.9 Å². The molecule has 21 heavy (non-hydrogen) atoms. The lowest BCUT2D eigenvalue weighted by Crippen LogP contribution is -2.17. The minimum Gasteiger partial charge on any atom is -0.321 e. The van der Waals surface area contributed by atoms with Crippen LogP contribution in [0.3, 0.4) is 0 Å². The maximum Gasteiger partial charge on any atom is 0.256 e. The Bertz CT molecular complexity index is 727. The summed E-state index contributed by atoms with van der Waals surface area (Å²) in [4.78, 5) is 13.8. The standard InChI is InChI=1S/C17H16N2OS/c1-11-6-7-13-14(10-21-16(13)8-11)17(20)19-15-5-3-2-4-12(15)9-18/h2-5,10-11H,6-8H2,1H3,(H,19,20)/t11-/m0/s1. The molecule has 3 nitrogen and oxygen atoms in total. The van der Waals surface area contributed by atoms with Crippen LogP contribution in [0, 0.1) is 17.2 Å². The van der Waals surface area contributed by atoms with Crippen molar-refractivity contribution < 1.29 is 4.79 Å². The number of hydrogen-bond acceptors (Lipinski definition) is 3. The van der Waals surface area contributed by atoms with Crippen molar-refractivity contribution in [2.24, 2.45) is 5.92 Å². The van der Waals surface area contributed by atoms with E-state index in [2.05, 4.69) is 18.3 Å². The number of amides is 1. The molecule has 0 unspecified atom stereocenters. The van der Waals surface area contributed by atoms with Crippen molar-refractivity contribution in [2.75, 3.05) is 5.32 Å². The lowest BCUT2D eigenvalue weighted by atomic mass is 9.88. The van der Waals surface area contributed by atoms with E-state index >= 15 is 0 Å². The van der Waals surface area contributed by atoms with Gasteiger partial charge in [0.15, 0.2) is 0 Å². The fourth-order valence-corrected chi connectivity index (χ4v) is 3.99. The van der Waals surface area contributed by atoms with Crippen LogP contribution in [0.2, 0.25) is 0 Å². The van der Waals surface area contributed by atoms with Gasteiger partial charge in [0.05, 0.1) is 16.8 Å².